The van der Waals surface area contributed by atoms with Crippen molar-refractivity contribution in [3.63, 3.8) is 0 Å². The molecule has 1 fully saturated rings. The Balaban J connectivity index is 1.81. The highest BCUT2D eigenvalue weighted by Crippen LogP contribution is 2.44. The number of anilines is 1. The van der Waals surface area contributed by atoms with Crippen LogP contribution in [0.3, 0.4) is 0 Å². The minimum Gasteiger partial charge on any atom is -0.373 e. The van der Waals surface area contributed by atoms with Gasteiger partial charge in [0.15, 0.2) is 5.60 Å². The second-order valence-electron chi connectivity index (χ2n) is 7.23. The van der Waals surface area contributed by atoms with Gasteiger partial charge in [-0.05, 0) is 67.3 Å². The second kappa shape index (κ2) is 5.32. The summed E-state index contributed by atoms with van der Waals surface area (Å²) in [5.41, 5.74) is 4.18. The largest absolute Gasteiger partial charge is 0.373 e. The number of benzene rings is 1. The van der Waals surface area contributed by atoms with Gasteiger partial charge in [-0.1, -0.05) is 18.8 Å². The monoisotopic (exact) mass is 295 g/mol. The molecule has 22 heavy (non-hydrogen) atoms. The Labute approximate surface area is 133 Å². The molecule has 0 bridgehead atoms. The van der Waals surface area contributed by atoms with E-state index in [4.69, 9.17) is 6.42 Å². The Hall–Kier alpha value is -1.46. The van der Waals surface area contributed by atoms with Gasteiger partial charge in [0.05, 0.1) is 0 Å². The first-order valence-corrected chi connectivity index (χ1v) is 8.84. The van der Waals surface area contributed by atoms with Gasteiger partial charge in [0, 0.05) is 24.7 Å². The fraction of sp³-hybridized carbons (Fsp3) is 0.600. The van der Waals surface area contributed by atoms with Crippen LogP contribution >= 0.6 is 0 Å². The summed E-state index contributed by atoms with van der Waals surface area (Å²) in [5.74, 6) is 2.99. The quantitative estimate of drug-likeness (QED) is 0.845. The molecule has 1 saturated carbocycles. The van der Waals surface area contributed by atoms with Crippen LogP contribution in [-0.2, 0) is 18.4 Å². The number of hydrogen-bond donors (Lipinski definition) is 1. The number of terminal acetylenes is 1. The van der Waals surface area contributed by atoms with Crippen LogP contribution in [0.1, 0.15) is 55.2 Å². The van der Waals surface area contributed by atoms with Crippen LogP contribution < -0.4 is 4.90 Å². The summed E-state index contributed by atoms with van der Waals surface area (Å²) in [6, 6.07) is 4.43. The minimum atomic E-state index is -1.07. The van der Waals surface area contributed by atoms with Crippen LogP contribution in [-0.4, -0.2) is 18.2 Å². The standard InChI is InChI=1S/C20H25NO/c1-2-20(22,17-9-3-4-10-17)18-13-15-7-5-11-21-12-6-8-16(14-18)19(15)21/h1,13-14,17,22H,3-12H2. The molecule has 1 unspecified atom stereocenters. The van der Waals surface area contributed by atoms with Gasteiger partial charge < -0.3 is 10.0 Å². The van der Waals surface area contributed by atoms with E-state index in [1.165, 1.54) is 55.6 Å². The molecular formula is C20H25NO. The SMILES string of the molecule is C#CC(O)(c1cc2c3c(c1)CCCN3CCC2)C1CCCC1. The van der Waals surface area contributed by atoms with E-state index in [1.54, 1.807) is 0 Å². The van der Waals surface area contributed by atoms with E-state index in [2.05, 4.69) is 23.0 Å². The van der Waals surface area contributed by atoms with Crippen LogP contribution in [0.4, 0.5) is 5.69 Å². The van der Waals surface area contributed by atoms with Gasteiger partial charge in [0.1, 0.15) is 0 Å². The molecule has 1 atom stereocenters. The summed E-state index contributed by atoms with van der Waals surface area (Å²) in [6.45, 7) is 2.36. The van der Waals surface area contributed by atoms with Crippen LogP contribution in [0.2, 0.25) is 0 Å². The average Bonchev–Trinajstić information content (AvgIpc) is 3.09. The maximum atomic E-state index is 11.2. The predicted octanol–water partition coefficient (Wildman–Crippen LogP) is 3.40. The molecular weight excluding hydrogens is 270 g/mol. The number of aliphatic hydroxyl groups is 1. The van der Waals surface area contributed by atoms with Crippen molar-refractivity contribution in [3.05, 3.63) is 28.8 Å². The second-order valence-corrected chi connectivity index (χ2v) is 7.23. The fourth-order valence-electron chi connectivity index (χ4n) is 4.80. The zero-order valence-corrected chi connectivity index (χ0v) is 13.3. The number of nitrogens with zero attached hydrogens (tertiary/aromatic N) is 1. The number of rotatable bonds is 2. The first-order chi connectivity index (χ1) is 10.7. The highest BCUT2D eigenvalue weighted by Gasteiger charge is 2.39. The zero-order valence-electron chi connectivity index (χ0n) is 13.3. The molecule has 1 aromatic rings. The molecule has 2 heteroatoms. The van der Waals surface area contributed by atoms with E-state index in [9.17, 15) is 5.11 Å². The van der Waals surface area contributed by atoms with Crippen molar-refractivity contribution < 1.29 is 5.11 Å². The van der Waals surface area contributed by atoms with Crippen LogP contribution in [0.25, 0.3) is 0 Å². The first-order valence-electron chi connectivity index (χ1n) is 8.84. The molecule has 0 amide bonds. The summed E-state index contributed by atoms with van der Waals surface area (Å²) >= 11 is 0. The highest BCUT2D eigenvalue weighted by molar-refractivity contribution is 5.65. The van der Waals surface area contributed by atoms with Gasteiger partial charge in [-0.15, -0.1) is 6.42 Å². The van der Waals surface area contributed by atoms with Crippen LogP contribution in [0.15, 0.2) is 12.1 Å². The molecule has 2 aliphatic heterocycles. The highest BCUT2D eigenvalue weighted by atomic mass is 16.3. The zero-order chi connectivity index (χ0) is 15.2. The predicted molar refractivity (Wildman–Crippen MR) is 90.0 cm³/mol. The third kappa shape index (κ3) is 2.07. The van der Waals surface area contributed by atoms with E-state index in [0.29, 0.717) is 0 Å². The summed E-state index contributed by atoms with van der Waals surface area (Å²) < 4.78 is 0. The summed E-state index contributed by atoms with van der Waals surface area (Å²) in [5, 5.41) is 11.2. The third-order valence-corrected chi connectivity index (χ3v) is 5.94. The molecule has 2 heterocycles. The van der Waals surface area contributed by atoms with Gasteiger partial charge in [0.2, 0.25) is 0 Å². The van der Waals surface area contributed by atoms with E-state index in [-0.39, 0.29) is 5.92 Å². The number of aryl methyl sites for hydroxylation is 2. The van der Waals surface area contributed by atoms with Crippen molar-refractivity contribution in [2.75, 3.05) is 18.0 Å². The lowest BCUT2D eigenvalue weighted by Gasteiger charge is -2.39. The van der Waals surface area contributed by atoms with E-state index in [0.717, 1.165) is 31.2 Å². The summed E-state index contributed by atoms with van der Waals surface area (Å²) in [7, 11) is 0. The lowest BCUT2D eigenvalue weighted by atomic mass is 9.78. The van der Waals surface area contributed by atoms with Crippen molar-refractivity contribution in [3.8, 4) is 12.3 Å². The molecule has 1 N–H and O–H groups in total. The lowest BCUT2D eigenvalue weighted by molar-refractivity contribution is 0.0369. The van der Waals surface area contributed by atoms with Gasteiger partial charge in [-0.3, -0.25) is 0 Å². The van der Waals surface area contributed by atoms with Gasteiger partial charge in [-0.2, -0.15) is 0 Å². The van der Waals surface area contributed by atoms with Crippen LogP contribution in [0, 0.1) is 18.3 Å². The normalized spacial score (nSPS) is 23.7. The summed E-state index contributed by atoms with van der Waals surface area (Å²) in [4.78, 5) is 2.53. The Morgan fingerprint density at radius 3 is 2.18 bits per heavy atom. The van der Waals surface area contributed by atoms with Crippen molar-refractivity contribution >= 4 is 5.69 Å². The van der Waals surface area contributed by atoms with Crippen LogP contribution in [0.5, 0.6) is 0 Å². The van der Waals surface area contributed by atoms with Crippen molar-refractivity contribution in [1.82, 2.24) is 0 Å². The first kappa shape index (κ1) is 14.2. The van der Waals surface area contributed by atoms with E-state index < -0.39 is 5.60 Å². The fourth-order valence-corrected chi connectivity index (χ4v) is 4.80. The van der Waals surface area contributed by atoms with E-state index >= 15 is 0 Å². The number of hydrogen-bond acceptors (Lipinski definition) is 2. The average molecular weight is 295 g/mol. The van der Waals surface area contributed by atoms with Crippen molar-refractivity contribution in [2.24, 2.45) is 5.92 Å². The molecule has 1 aliphatic carbocycles. The van der Waals surface area contributed by atoms with Crippen molar-refractivity contribution in [1.29, 1.82) is 0 Å². The molecule has 3 aliphatic rings. The van der Waals surface area contributed by atoms with Gasteiger partial charge >= 0.3 is 0 Å². The molecule has 2 nitrogen and oxygen atoms in total. The smallest absolute Gasteiger partial charge is 0.153 e. The third-order valence-electron chi connectivity index (χ3n) is 5.94. The van der Waals surface area contributed by atoms with Crippen molar-refractivity contribution in [2.45, 2.75) is 57.0 Å². The maximum Gasteiger partial charge on any atom is 0.153 e. The lowest BCUT2D eigenvalue weighted by Crippen LogP contribution is -2.36. The Kier molecular flexibility index (Phi) is 3.42. The Bertz CT molecular complexity index is 592. The molecule has 4 rings (SSSR count). The molecule has 1 aromatic carbocycles. The maximum absolute atomic E-state index is 11.2. The van der Waals surface area contributed by atoms with E-state index in [1.807, 2.05) is 0 Å². The van der Waals surface area contributed by atoms with Gasteiger partial charge in [0.25, 0.3) is 0 Å². The van der Waals surface area contributed by atoms with Gasteiger partial charge in [-0.25, -0.2) is 0 Å². The Morgan fingerprint density at radius 1 is 1.05 bits per heavy atom. The molecule has 0 spiro atoms. The Morgan fingerprint density at radius 2 is 1.64 bits per heavy atom. The summed E-state index contributed by atoms with van der Waals surface area (Å²) in [6.07, 6.45) is 15.0. The molecule has 0 aromatic heterocycles. The topological polar surface area (TPSA) is 23.5 Å². The molecule has 116 valence electrons. The minimum absolute atomic E-state index is 0.228. The molecule has 0 saturated heterocycles. The molecule has 0 radical (unpaired) electrons.